The Hall–Kier alpha value is -2.76. The molecule has 0 amide bonds. The van der Waals surface area contributed by atoms with Gasteiger partial charge in [-0.3, -0.25) is 0 Å². The highest BCUT2D eigenvalue weighted by Crippen LogP contribution is 2.36. The number of amidine groups is 1. The van der Waals surface area contributed by atoms with Crippen molar-refractivity contribution in [1.29, 1.82) is 0 Å². The van der Waals surface area contributed by atoms with Gasteiger partial charge in [0, 0.05) is 26.3 Å². The third kappa shape index (κ3) is 2.24. The van der Waals surface area contributed by atoms with Crippen LogP contribution in [0.2, 0.25) is 0 Å². The zero-order valence-electron chi connectivity index (χ0n) is 11.8. The van der Waals surface area contributed by atoms with Crippen molar-refractivity contribution < 1.29 is 5.21 Å². The Morgan fingerprint density at radius 2 is 1.95 bits per heavy atom. The first-order chi connectivity index (χ1) is 10.2. The Balaban J connectivity index is 2.13. The smallest absolute Gasteiger partial charge is 0.173 e. The molecule has 0 aliphatic carbocycles. The first kappa shape index (κ1) is 13.2. The molecule has 6 heteroatoms. The largest absolute Gasteiger partial charge is 0.409 e. The quantitative estimate of drug-likeness (QED) is 0.380. The van der Waals surface area contributed by atoms with Gasteiger partial charge in [0.25, 0.3) is 0 Å². The molecule has 0 saturated heterocycles. The maximum atomic E-state index is 8.96. The first-order valence-corrected chi connectivity index (χ1v) is 6.73. The van der Waals surface area contributed by atoms with Crippen LogP contribution in [0.4, 0.5) is 17.2 Å². The standard InChI is InChI=1S/C15H17N5O/c1-19-9-10-20(13-7-3-2-6-12(13)19)15-11(14(16)18-21)5-4-8-17-15/h2-8,21H,9-10H2,1H3,(H2,16,18). The number of aromatic nitrogens is 1. The molecule has 1 aromatic carbocycles. The van der Waals surface area contributed by atoms with Crippen LogP contribution in [0.15, 0.2) is 47.8 Å². The van der Waals surface area contributed by atoms with Crippen LogP contribution in [0.5, 0.6) is 0 Å². The molecule has 1 aliphatic rings. The van der Waals surface area contributed by atoms with Gasteiger partial charge in [0.2, 0.25) is 0 Å². The number of rotatable bonds is 2. The van der Waals surface area contributed by atoms with E-state index in [1.807, 2.05) is 12.1 Å². The minimum absolute atomic E-state index is 0.0644. The number of oxime groups is 1. The van der Waals surface area contributed by atoms with E-state index in [1.54, 1.807) is 18.3 Å². The third-order valence-electron chi connectivity index (χ3n) is 3.67. The number of nitrogens with two attached hydrogens (primary N) is 1. The molecule has 0 atom stereocenters. The van der Waals surface area contributed by atoms with Crippen LogP contribution in [-0.4, -0.2) is 36.2 Å². The third-order valence-corrected chi connectivity index (χ3v) is 3.67. The number of hydrogen-bond donors (Lipinski definition) is 2. The van der Waals surface area contributed by atoms with E-state index >= 15 is 0 Å². The van der Waals surface area contributed by atoms with Gasteiger partial charge in [0.15, 0.2) is 5.84 Å². The second-order valence-corrected chi connectivity index (χ2v) is 4.92. The van der Waals surface area contributed by atoms with Crippen molar-refractivity contribution in [2.45, 2.75) is 0 Å². The highest BCUT2D eigenvalue weighted by atomic mass is 16.4. The van der Waals surface area contributed by atoms with Crippen LogP contribution in [0.1, 0.15) is 5.56 Å². The van der Waals surface area contributed by atoms with Crippen LogP contribution in [0.3, 0.4) is 0 Å². The highest BCUT2D eigenvalue weighted by Gasteiger charge is 2.24. The number of hydrogen-bond acceptors (Lipinski definition) is 5. The van der Waals surface area contributed by atoms with Gasteiger partial charge in [-0.2, -0.15) is 0 Å². The number of nitrogens with zero attached hydrogens (tertiary/aromatic N) is 4. The maximum Gasteiger partial charge on any atom is 0.173 e. The van der Waals surface area contributed by atoms with E-state index in [4.69, 9.17) is 10.9 Å². The van der Waals surface area contributed by atoms with E-state index in [2.05, 4.69) is 39.1 Å². The summed E-state index contributed by atoms with van der Waals surface area (Å²) in [6.45, 7) is 1.67. The van der Waals surface area contributed by atoms with Gasteiger partial charge in [-0.1, -0.05) is 17.3 Å². The van der Waals surface area contributed by atoms with Crippen molar-refractivity contribution >= 4 is 23.0 Å². The molecule has 0 spiro atoms. The summed E-state index contributed by atoms with van der Waals surface area (Å²) in [5.41, 5.74) is 8.60. The molecule has 21 heavy (non-hydrogen) atoms. The SMILES string of the molecule is CN1CCN(c2ncccc2C(N)=NO)c2ccccc21. The van der Waals surface area contributed by atoms with E-state index in [1.165, 1.54) is 0 Å². The minimum atomic E-state index is 0.0644. The van der Waals surface area contributed by atoms with Crippen molar-refractivity contribution in [1.82, 2.24) is 4.98 Å². The Labute approximate surface area is 123 Å². The predicted molar refractivity (Wildman–Crippen MR) is 83.5 cm³/mol. The van der Waals surface area contributed by atoms with Crippen molar-refractivity contribution in [3.8, 4) is 0 Å². The molecule has 0 saturated carbocycles. The second-order valence-electron chi connectivity index (χ2n) is 4.92. The number of benzene rings is 1. The number of pyridine rings is 1. The summed E-state index contributed by atoms with van der Waals surface area (Å²) in [6.07, 6.45) is 1.71. The summed E-state index contributed by atoms with van der Waals surface area (Å²) in [6, 6.07) is 11.7. The lowest BCUT2D eigenvalue weighted by atomic mass is 10.1. The summed E-state index contributed by atoms with van der Waals surface area (Å²) in [7, 11) is 2.07. The summed E-state index contributed by atoms with van der Waals surface area (Å²) < 4.78 is 0. The number of anilines is 3. The zero-order valence-corrected chi connectivity index (χ0v) is 11.8. The van der Waals surface area contributed by atoms with E-state index in [-0.39, 0.29) is 5.84 Å². The summed E-state index contributed by atoms with van der Waals surface area (Å²) >= 11 is 0. The molecule has 0 fully saturated rings. The van der Waals surface area contributed by atoms with Crippen LogP contribution in [0.25, 0.3) is 0 Å². The average Bonchev–Trinajstić information content (AvgIpc) is 2.55. The van der Waals surface area contributed by atoms with Gasteiger partial charge >= 0.3 is 0 Å². The molecule has 3 N–H and O–H groups in total. The minimum Gasteiger partial charge on any atom is -0.409 e. The fourth-order valence-electron chi connectivity index (χ4n) is 2.59. The Kier molecular flexibility index (Phi) is 3.35. The van der Waals surface area contributed by atoms with Crippen molar-refractivity contribution in [2.24, 2.45) is 10.9 Å². The molecule has 1 aliphatic heterocycles. The molecular formula is C15H17N5O. The van der Waals surface area contributed by atoms with Crippen LogP contribution in [0, 0.1) is 0 Å². The topological polar surface area (TPSA) is 78.0 Å². The van der Waals surface area contributed by atoms with E-state index in [9.17, 15) is 0 Å². The van der Waals surface area contributed by atoms with Gasteiger partial charge in [-0.15, -0.1) is 0 Å². The predicted octanol–water partition coefficient (Wildman–Crippen LogP) is 1.76. The van der Waals surface area contributed by atoms with Gasteiger partial charge in [0.05, 0.1) is 16.9 Å². The summed E-state index contributed by atoms with van der Waals surface area (Å²) in [5, 5.41) is 12.1. The fraction of sp³-hybridized carbons (Fsp3) is 0.200. The second kappa shape index (κ2) is 5.32. The van der Waals surface area contributed by atoms with E-state index in [0.29, 0.717) is 11.4 Å². The van der Waals surface area contributed by atoms with E-state index in [0.717, 1.165) is 24.5 Å². The first-order valence-electron chi connectivity index (χ1n) is 6.73. The van der Waals surface area contributed by atoms with Gasteiger partial charge in [0.1, 0.15) is 5.82 Å². The van der Waals surface area contributed by atoms with Crippen LogP contribution >= 0.6 is 0 Å². The van der Waals surface area contributed by atoms with Gasteiger partial charge < -0.3 is 20.7 Å². The molecule has 0 unspecified atom stereocenters. The lowest BCUT2D eigenvalue weighted by Gasteiger charge is -2.36. The molecule has 0 radical (unpaired) electrons. The Morgan fingerprint density at radius 1 is 1.19 bits per heavy atom. The Bertz CT molecular complexity index is 685. The molecule has 1 aromatic heterocycles. The van der Waals surface area contributed by atoms with Crippen LogP contribution in [-0.2, 0) is 0 Å². The van der Waals surface area contributed by atoms with Gasteiger partial charge in [-0.05, 0) is 24.3 Å². The lowest BCUT2D eigenvalue weighted by Crippen LogP contribution is -2.37. The fourth-order valence-corrected chi connectivity index (χ4v) is 2.59. The number of fused-ring (bicyclic) bond motifs is 1. The summed E-state index contributed by atoms with van der Waals surface area (Å²) in [5.74, 6) is 0.767. The molecule has 3 rings (SSSR count). The Morgan fingerprint density at radius 3 is 2.71 bits per heavy atom. The zero-order chi connectivity index (χ0) is 14.8. The van der Waals surface area contributed by atoms with Crippen molar-refractivity contribution in [2.75, 3.05) is 29.9 Å². The van der Waals surface area contributed by atoms with Gasteiger partial charge in [-0.25, -0.2) is 4.98 Å². The van der Waals surface area contributed by atoms with Crippen molar-refractivity contribution in [3.63, 3.8) is 0 Å². The maximum absolute atomic E-state index is 8.96. The normalized spacial score (nSPS) is 15.0. The molecule has 2 heterocycles. The molecular weight excluding hydrogens is 266 g/mol. The van der Waals surface area contributed by atoms with Crippen LogP contribution < -0.4 is 15.5 Å². The number of para-hydroxylation sites is 2. The average molecular weight is 283 g/mol. The highest BCUT2D eigenvalue weighted by molar-refractivity contribution is 6.02. The van der Waals surface area contributed by atoms with Crippen molar-refractivity contribution in [3.05, 3.63) is 48.2 Å². The number of likely N-dealkylation sites (N-methyl/N-ethyl adjacent to an activating group) is 1. The summed E-state index contributed by atoms with van der Waals surface area (Å²) in [4.78, 5) is 8.74. The molecule has 6 nitrogen and oxygen atoms in total. The molecule has 2 aromatic rings. The van der Waals surface area contributed by atoms with E-state index < -0.39 is 0 Å². The molecule has 108 valence electrons. The molecule has 0 bridgehead atoms. The lowest BCUT2D eigenvalue weighted by molar-refractivity contribution is 0.318. The monoisotopic (exact) mass is 283 g/mol.